The third-order valence-corrected chi connectivity index (χ3v) is 8.35. The average molecular weight is 645 g/mol. The first-order valence-electron chi connectivity index (χ1n) is 16.7. The Bertz CT molecular complexity index is 2170. The van der Waals surface area contributed by atoms with Crippen molar-refractivity contribution in [3.8, 4) is 22.3 Å². The second-order valence-electron chi connectivity index (χ2n) is 11.9. The van der Waals surface area contributed by atoms with E-state index in [0.29, 0.717) is 0 Å². The van der Waals surface area contributed by atoms with Crippen molar-refractivity contribution in [2.24, 2.45) is 0 Å². The highest BCUT2D eigenvalue weighted by molar-refractivity contribution is 5.83. The van der Waals surface area contributed by atoms with Gasteiger partial charge in [0.1, 0.15) is 0 Å². The lowest BCUT2D eigenvalue weighted by atomic mass is 9.94. The third kappa shape index (κ3) is 8.83. The average Bonchev–Trinajstić information content (AvgIpc) is 3.20. The van der Waals surface area contributed by atoms with Gasteiger partial charge in [-0.15, -0.1) is 0 Å². The number of hydrogen-bond acceptors (Lipinski definition) is 2. The predicted molar refractivity (Wildman–Crippen MR) is 217 cm³/mol. The molecule has 0 saturated heterocycles. The Morgan fingerprint density at radius 2 is 1.18 bits per heavy atom. The summed E-state index contributed by atoms with van der Waals surface area (Å²) in [5.41, 5.74) is 12.6. The second-order valence-corrected chi connectivity index (χ2v) is 11.9. The normalized spacial score (nSPS) is 16.4. The molecule has 1 N–H and O–H groups in total. The molecule has 0 aromatic heterocycles. The Hall–Kier alpha value is -6.64. The highest BCUT2D eigenvalue weighted by Gasteiger charge is 2.08. The molecule has 1 aliphatic heterocycles. The van der Waals surface area contributed by atoms with E-state index in [1.165, 1.54) is 0 Å². The van der Waals surface area contributed by atoms with Crippen molar-refractivity contribution in [1.29, 1.82) is 0 Å². The molecule has 242 valence electrons. The number of rotatable bonds is 9. The van der Waals surface area contributed by atoms with E-state index in [-0.39, 0.29) is 0 Å². The van der Waals surface area contributed by atoms with Gasteiger partial charge in [0.15, 0.2) is 0 Å². The van der Waals surface area contributed by atoms with E-state index >= 15 is 0 Å². The van der Waals surface area contributed by atoms with Crippen LogP contribution >= 0.6 is 0 Å². The minimum Gasteiger partial charge on any atom is -0.362 e. The first-order chi connectivity index (χ1) is 24.5. The molecule has 0 unspecified atom stereocenters. The summed E-state index contributed by atoms with van der Waals surface area (Å²) < 4.78 is 0. The zero-order chi connectivity index (χ0) is 34.5. The number of anilines is 2. The van der Waals surface area contributed by atoms with Gasteiger partial charge in [0.2, 0.25) is 0 Å². The van der Waals surface area contributed by atoms with Crippen LogP contribution in [0.4, 0.5) is 11.4 Å². The molecule has 0 aliphatic carbocycles. The molecule has 0 fully saturated rings. The van der Waals surface area contributed by atoms with Gasteiger partial charge in [0, 0.05) is 30.0 Å². The molecule has 1 heterocycles. The Kier molecular flexibility index (Phi) is 10.9. The summed E-state index contributed by atoms with van der Waals surface area (Å²) in [6, 6.07) is 46.3. The molecule has 2 nitrogen and oxygen atoms in total. The summed E-state index contributed by atoms with van der Waals surface area (Å²) in [5, 5.41) is 3.27. The van der Waals surface area contributed by atoms with Crippen LogP contribution in [0.2, 0.25) is 0 Å². The van der Waals surface area contributed by atoms with Crippen LogP contribution in [0.15, 0.2) is 232 Å². The lowest BCUT2D eigenvalue weighted by molar-refractivity contribution is 1.28. The Morgan fingerprint density at radius 3 is 1.90 bits per heavy atom. The van der Waals surface area contributed by atoms with Crippen LogP contribution in [0.25, 0.3) is 33.4 Å². The van der Waals surface area contributed by atoms with Crippen molar-refractivity contribution < 1.29 is 0 Å². The first-order valence-corrected chi connectivity index (χ1v) is 16.7. The summed E-state index contributed by atoms with van der Waals surface area (Å²) >= 11 is 0. The van der Waals surface area contributed by atoms with Gasteiger partial charge in [-0.25, -0.2) is 0 Å². The lowest BCUT2D eigenvalue weighted by Crippen LogP contribution is -2.06. The largest absolute Gasteiger partial charge is 0.362 e. The van der Waals surface area contributed by atoms with E-state index in [2.05, 4.69) is 133 Å². The van der Waals surface area contributed by atoms with Crippen molar-refractivity contribution in [1.82, 2.24) is 0 Å². The molecule has 2 heteroatoms. The van der Waals surface area contributed by atoms with Gasteiger partial charge in [0.25, 0.3) is 0 Å². The highest BCUT2D eigenvalue weighted by Crippen LogP contribution is 2.31. The Morgan fingerprint density at radius 1 is 0.560 bits per heavy atom. The minimum atomic E-state index is 0.867. The maximum atomic E-state index is 4.32. The van der Waals surface area contributed by atoms with Gasteiger partial charge in [-0.1, -0.05) is 135 Å². The number of hydrogen-bond donors (Lipinski definition) is 1. The van der Waals surface area contributed by atoms with E-state index in [1.54, 1.807) is 0 Å². The maximum Gasteiger partial charge on any atom is 0.0449 e. The number of allylic oxidation sites excluding steroid dienone is 12. The van der Waals surface area contributed by atoms with Crippen LogP contribution in [-0.4, -0.2) is 0 Å². The van der Waals surface area contributed by atoms with Gasteiger partial charge in [0.05, 0.1) is 0 Å². The van der Waals surface area contributed by atoms with Crippen molar-refractivity contribution in [3.63, 3.8) is 0 Å². The van der Waals surface area contributed by atoms with Crippen LogP contribution < -0.4 is 10.2 Å². The molecule has 0 spiro atoms. The minimum absolute atomic E-state index is 0.867. The number of benzene rings is 5. The van der Waals surface area contributed by atoms with Gasteiger partial charge in [-0.2, -0.15) is 0 Å². The zero-order valence-electron chi connectivity index (χ0n) is 28.1. The highest BCUT2D eigenvalue weighted by atomic mass is 15.1. The second kappa shape index (κ2) is 16.5. The SMILES string of the molecule is C=C1/C=C\C=C/N(c2ccccc2)/C=C\C(c2cccc(-c3cccc(-c4cccc(C(=C)/C=C\C=C/Nc5ccccc5)c4)c3)c2)=C/C1=C. The Labute approximate surface area is 296 Å². The van der Waals surface area contributed by atoms with E-state index in [9.17, 15) is 0 Å². The van der Waals surface area contributed by atoms with E-state index in [1.807, 2.05) is 97.4 Å². The molecule has 0 saturated carbocycles. The van der Waals surface area contributed by atoms with E-state index in [0.717, 1.165) is 67.0 Å². The molecule has 0 atom stereocenters. The van der Waals surface area contributed by atoms with Gasteiger partial charge in [-0.3, -0.25) is 0 Å². The smallest absolute Gasteiger partial charge is 0.0449 e. The number of nitrogens with one attached hydrogen (secondary N) is 1. The predicted octanol–water partition coefficient (Wildman–Crippen LogP) is 12.8. The van der Waals surface area contributed by atoms with E-state index < -0.39 is 0 Å². The standard InChI is InChI=1S/C48H40N2/c1-37-17-11-13-31-50(48-27-8-5-9-28-48)32-29-46(33-39(37)3)45-24-16-23-44(36-45)43-22-15-21-42(35-43)41-20-14-19-40(34-41)38(2)18-10-12-30-49-47-25-6-4-7-26-47/h4-36,49H,1-3H2/b17-11-,18-10-,30-12-,31-13-,32-29-,46-33+. The molecule has 50 heavy (non-hydrogen) atoms. The maximum absolute atomic E-state index is 4.32. The summed E-state index contributed by atoms with van der Waals surface area (Å²) in [4.78, 5) is 2.11. The van der Waals surface area contributed by atoms with Crippen LogP contribution in [0.1, 0.15) is 11.1 Å². The summed E-state index contributed by atoms with van der Waals surface area (Å²) in [6.07, 6.45) is 22.3. The Balaban J connectivity index is 1.24. The molecule has 0 amide bonds. The van der Waals surface area contributed by atoms with Crippen LogP contribution in [-0.2, 0) is 0 Å². The van der Waals surface area contributed by atoms with Crippen LogP contribution in [0.5, 0.6) is 0 Å². The summed E-state index contributed by atoms with van der Waals surface area (Å²) in [6.45, 7) is 12.9. The third-order valence-electron chi connectivity index (χ3n) is 8.35. The van der Waals surface area contributed by atoms with Gasteiger partial charge < -0.3 is 10.2 Å². The topological polar surface area (TPSA) is 15.3 Å². The fraction of sp³-hybridized carbons (Fsp3) is 0. The molecule has 6 rings (SSSR count). The molecule has 0 radical (unpaired) electrons. The fourth-order valence-electron chi connectivity index (χ4n) is 5.57. The monoisotopic (exact) mass is 644 g/mol. The molecular weight excluding hydrogens is 605 g/mol. The van der Waals surface area contributed by atoms with Crippen molar-refractivity contribution in [2.75, 3.05) is 10.2 Å². The summed E-state index contributed by atoms with van der Waals surface area (Å²) in [7, 11) is 0. The fourth-order valence-corrected chi connectivity index (χ4v) is 5.57. The molecule has 5 aromatic carbocycles. The quantitative estimate of drug-likeness (QED) is 0.161. The first kappa shape index (κ1) is 33.3. The van der Waals surface area contributed by atoms with Crippen LogP contribution in [0.3, 0.4) is 0 Å². The van der Waals surface area contributed by atoms with Crippen LogP contribution in [0, 0.1) is 0 Å². The van der Waals surface area contributed by atoms with Gasteiger partial charge in [-0.05, 0) is 122 Å². The lowest BCUT2D eigenvalue weighted by Gasteiger charge is -2.16. The van der Waals surface area contributed by atoms with Gasteiger partial charge >= 0.3 is 0 Å². The zero-order valence-corrected chi connectivity index (χ0v) is 28.1. The summed E-state index contributed by atoms with van der Waals surface area (Å²) in [5.74, 6) is 0. The number of nitrogens with zero attached hydrogens (tertiary/aromatic N) is 1. The van der Waals surface area contributed by atoms with E-state index in [4.69, 9.17) is 0 Å². The molecule has 1 aliphatic rings. The number of para-hydroxylation sites is 2. The van der Waals surface area contributed by atoms with Crippen molar-refractivity contribution in [3.05, 3.63) is 243 Å². The van der Waals surface area contributed by atoms with Crippen molar-refractivity contribution >= 4 is 22.5 Å². The molecule has 5 aromatic rings. The molecule has 0 bridgehead atoms. The van der Waals surface area contributed by atoms with Crippen molar-refractivity contribution in [2.45, 2.75) is 0 Å². The molecular formula is C48H40N2.